The van der Waals surface area contributed by atoms with Gasteiger partial charge < -0.3 is 19.7 Å². The van der Waals surface area contributed by atoms with Crippen LogP contribution in [0.25, 0.3) is 10.8 Å². The zero-order valence-electron chi connectivity index (χ0n) is 11.9. The van der Waals surface area contributed by atoms with Gasteiger partial charge in [-0.2, -0.15) is 0 Å². The molecule has 2 unspecified atom stereocenters. The molecule has 2 aromatic carbocycles. The molecule has 0 aliphatic carbocycles. The van der Waals surface area contributed by atoms with Crippen molar-refractivity contribution in [1.29, 1.82) is 0 Å². The molecule has 2 N–H and O–H groups in total. The van der Waals surface area contributed by atoms with Crippen LogP contribution in [0.5, 0.6) is 5.75 Å². The first-order valence-corrected chi connectivity index (χ1v) is 6.57. The second kappa shape index (κ2) is 6.56. The molecule has 5 heteroatoms. The Bertz CT molecular complexity index is 638. The molecule has 0 heterocycles. The third kappa shape index (κ3) is 3.15. The number of hydrogen-bond donors (Lipinski definition) is 2. The maximum Gasteiger partial charge on any atom is 0.308 e. The van der Waals surface area contributed by atoms with Crippen molar-refractivity contribution >= 4 is 16.7 Å². The fourth-order valence-electron chi connectivity index (χ4n) is 2.32. The average molecular weight is 290 g/mol. The van der Waals surface area contributed by atoms with Gasteiger partial charge >= 0.3 is 5.97 Å². The predicted octanol–water partition coefficient (Wildman–Crippen LogP) is 1.81. The van der Waals surface area contributed by atoms with Gasteiger partial charge in [0.25, 0.3) is 0 Å². The van der Waals surface area contributed by atoms with Crippen LogP contribution in [-0.4, -0.2) is 36.5 Å². The molecule has 0 amide bonds. The number of carbonyl (C=O) groups excluding carboxylic acids is 1. The standard InChI is InChI=1S/C16H18O5/c1-20-13-8-7-10-5-3-4-6-11(10)15(13)16(19)12(17)9-14(18)21-2/h3-8,12,16-17,19H,9H2,1-2H3. The molecule has 0 aliphatic rings. The molecule has 21 heavy (non-hydrogen) atoms. The molecule has 0 aromatic heterocycles. The maximum absolute atomic E-state index is 11.3. The molecule has 0 bridgehead atoms. The molecule has 2 atom stereocenters. The minimum absolute atomic E-state index is 0.288. The van der Waals surface area contributed by atoms with E-state index in [2.05, 4.69) is 4.74 Å². The Balaban J connectivity index is 2.45. The van der Waals surface area contributed by atoms with Gasteiger partial charge in [0.15, 0.2) is 0 Å². The Morgan fingerprint density at radius 2 is 1.86 bits per heavy atom. The summed E-state index contributed by atoms with van der Waals surface area (Å²) in [6, 6.07) is 11.1. The molecule has 2 aromatic rings. The number of rotatable bonds is 5. The van der Waals surface area contributed by atoms with E-state index in [9.17, 15) is 15.0 Å². The van der Waals surface area contributed by atoms with Crippen LogP contribution in [0.4, 0.5) is 0 Å². The zero-order valence-corrected chi connectivity index (χ0v) is 11.9. The number of benzene rings is 2. The molecular weight excluding hydrogens is 272 g/mol. The van der Waals surface area contributed by atoms with Crippen molar-refractivity contribution in [3.05, 3.63) is 42.0 Å². The molecule has 0 spiro atoms. The molecule has 112 valence electrons. The lowest BCUT2D eigenvalue weighted by atomic mass is 9.95. The van der Waals surface area contributed by atoms with Gasteiger partial charge in [-0.25, -0.2) is 0 Å². The van der Waals surface area contributed by atoms with Gasteiger partial charge in [-0.05, 0) is 16.8 Å². The lowest BCUT2D eigenvalue weighted by Gasteiger charge is -2.21. The van der Waals surface area contributed by atoms with Crippen molar-refractivity contribution < 1.29 is 24.5 Å². The Labute approximate surface area is 122 Å². The third-order valence-electron chi connectivity index (χ3n) is 3.41. The van der Waals surface area contributed by atoms with Gasteiger partial charge in [0, 0.05) is 5.56 Å². The van der Waals surface area contributed by atoms with Crippen molar-refractivity contribution in [3.63, 3.8) is 0 Å². The predicted molar refractivity (Wildman–Crippen MR) is 78.1 cm³/mol. The monoisotopic (exact) mass is 290 g/mol. The number of aliphatic hydroxyl groups excluding tert-OH is 2. The van der Waals surface area contributed by atoms with E-state index in [-0.39, 0.29) is 6.42 Å². The second-order valence-corrected chi connectivity index (χ2v) is 4.70. The summed E-state index contributed by atoms with van der Waals surface area (Å²) in [5.74, 6) is -0.120. The van der Waals surface area contributed by atoms with Gasteiger partial charge in [-0.1, -0.05) is 30.3 Å². The minimum Gasteiger partial charge on any atom is -0.496 e. The number of esters is 1. The van der Waals surface area contributed by atoms with E-state index in [1.165, 1.54) is 14.2 Å². The van der Waals surface area contributed by atoms with Gasteiger partial charge in [-0.15, -0.1) is 0 Å². The normalized spacial score (nSPS) is 13.7. The molecule has 0 saturated heterocycles. The lowest BCUT2D eigenvalue weighted by Crippen LogP contribution is -2.23. The van der Waals surface area contributed by atoms with E-state index in [0.29, 0.717) is 11.3 Å². The molecule has 5 nitrogen and oxygen atoms in total. The number of fused-ring (bicyclic) bond motifs is 1. The first kappa shape index (κ1) is 15.3. The number of hydrogen-bond acceptors (Lipinski definition) is 5. The highest BCUT2D eigenvalue weighted by Crippen LogP contribution is 2.35. The second-order valence-electron chi connectivity index (χ2n) is 4.70. The first-order chi connectivity index (χ1) is 10.1. The minimum atomic E-state index is -1.27. The van der Waals surface area contributed by atoms with Crippen LogP contribution < -0.4 is 4.74 Å². The molecular formula is C16H18O5. The Morgan fingerprint density at radius 3 is 2.52 bits per heavy atom. The summed E-state index contributed by atoms with van der Waals surface area (Å²) >= 11 is 0. The smallest absolute Gasteiger partial charge is 0.308 e. The summed E-state index contributed by atoms with van der Waals surface area (Å²) in [5.41, 5.74) is 0.465. The van der Waals surface area contributed by atoms with Gasteiger partial charge in [0.05, 0.1) is 26.7 Å². The van der Waals surface area contributed by atoms with E-state index in [0.717, 1.165) is 10.8 Å². The average Bonchev–Trinajstić information content (AvgIpc) is 2.52. The molecule has 0 aliphatic heterocycles. The number of carbonyl (C=O) groups is 1. The van der Waals surface area contributed by atoms with Crippen LogP contribution >= 0.6 is 0 Å². The Kier molecular flexibility index (Phi) is 4.77. The Morgan fingerprint density at radius 1 is 1.14 bits per heavy atom. The van der Waals surface area contributed by atoms with Gasteiger partial charge in [0.2, 0.25) is 0 Å². The van der Waals surface area contributed by atoms with Crippen LogP contribution in [0.1, 0.15) is 18.1 Å². The molecule has 0 saturated carbocycles. The third-order valence-corrected chi connectivity index (χ3v) is 3.41. The fourth-order valence-corrected chi connectivity index (χ4v) is 2.32. The quantitative estimate of drug-likeness (QED) is 0.821. The summed E-state index contributed by atoms with van der Waals surface area (Å²) in [6.45, 7) is 0. The number of aliphatic hydroxyl groups is 2. The topological polar surface area (TPSA) is 76.0 Å². The molecule has 0 fully saturated rings. The first-order valence-electron chi connectivity index (χ1n) is 6.57. The van der Waals surface area contributed by atoms with E-state index >= 15 is 0 Å². The van der Waals surface area contributed by atoms with E-state index in [1.807, 2.05) is 30.3 Å². The summed E-state index contributed by atoms with van der Waals surface area (Å²) in [4.78, 5) is 11.3. The van der Waals surface area contributed by atoms with Crippen molar-refractivity contribution in [2.45, 2.75) is 18.6 Å². The summed E-state index contributed by atoms with van der Waals surface area (Å²) in [6.07, 6.45) is -2.80. The molecule has 2 rings (SSSR count). The van der Waals surface area contributed by atoms with Crippen LogP contribution in [0.2, 0.25) is 0 Å². The number of ether oxygens (including phenoxy) is 2. The fraction of sp³-hybridized carbons (Fsp3) is 0.312. The van der Waals surface area contributed by atoms with Crippen molar-refractivity contribution in [2.75, 3.05) is 14.2 Å². The number of methoxy groups -OCH3 is 2. The van der Waals surface area contributed by atoms with E-state index in [4.69, 9.17) is 4.74 Å². The lowest BCUT2D eigenvalue weighted by molar-refractivity contribution is -0.144. The van der Waals surface area contributed by atoms with E-state index in [1.54, 1.807) is 6.07 Å². The van der Waals surface area contributed by atoms with Crippen LogP contribution in [0, 0.1) is 0 Å². The van der Waals surface area contributed by atoms with Crippen molar-refractivity contribution in [2.24, 2.45) is 0 Å². The molecule has 0 radical (unpaired) electrons. The highest BCUT2D eigenvalue weighted by Gasteiger charge is 2.26. The highest BCUT2D eigenvalue weighted by molar-refractivity contribution is 5.88. The van der Waals surface area contributed by atoms with Crippen LogP contribution in [0.15, 0.2) is 36.4 Å². The SMILES string of the molecule is COC(=O)CC(O)C(O)c1c(OC)ccc2ccccc12. The zero-order chi connectivity index (χ0) is 15.4. The van der Waals surface area contributed by atoms with Gasteiger partial charge in [0.1, 0.15) is 11.9 Å². The Hall–Kier alpha value is -2.11. The van der Waals surface area contributed by atoms with Crippen molar-refractivity contribution in [1.82, 2.24) is 0 Å². The van der Waals surface area contributed by atoms with Gasteiger partial charge in [-0.3, -0.25) is 4.79 Å². The van der Waals surface area contributed by atoms with Crippen LogP contribution in [0.3, 0.4) is 0 Å². The summed E-state index contributed by atoms with van der Waals surface area (Å²) in [7, 11) is 2.73. The maximum atomic E-state index is 11.3. The largest absolute Gasteiger partial charge is 0.496 e. The highest BCUT2D eigenvalue weighted by atomic mass is 16.5. The van der Waals surface area contributed by atoms with Crippen LogP contribution in [-0.2, 0) is 9.53 Å². The summed E-state index contributed by atoms with van der Waals surface area (Å²) < 4.78 is 9.78. The van der Waals surface area contributed by atoms with E-state index < -0.39 is 18.2 Å². The summed E-state index contributed by atoms with van der Waals surface area (Å²) in [5, 5.41) is 22.1. The van der Waals surface area contributed by atoms with Crippen molar-refractivity contribution in [3.8, 4) is 5.75 Å².